The normalized spacial score (nSPS) is 15.7. The molecule has 5 nitrogen and oxygen atoms in total. The first-order valence-electron chi connectivity index (χ1n) is 4.18. The molecule has 0 spiro atoms. The summed E-state index contributed by atoms with van der Waals surface area (Å²) in [5, 5.41) is 11.5. The van der Waals surface area contributed by atoms with E-state index in [-0.39, 0.29) is 5.69 Å². The van der Waals surface area contributed by atoms with Gasteiger partial charge in [-0.25, -0.2) is 4.79 Å². The van der Waals surface area contributed by atoms with E-state index in [2.05, 4.69) is 10.3 Å². The van der Waals surface area contributed by atoms with E-state index in [0.29, 0.717) is 11.9 Å². The predicted octanol–water partition coefficient (Wildman–Crippen LogP) is 1.19. The van der Waals surface area contributed by atoms with E-state index < -0.39 is 5.97 Å². The third kappa shape index (κ3) is 1.99. The number of aromatic carboxylic acids is 1. The van der Waals surface area contributed by atoms with Gasteiger partial charge in [-0.15, -0.1) is 0 Å². The van der Waals surface area contributed by atoms with Gasteiger partial charge in [0.15, 0.2) is 5.69 Å². The number of nitrogens with one attached hydrogen (secondary N) is 1. The molecule has 1 aliphatic rings. The lowest BCUT2D eigenvalue weighted by Crippen LogP contribution is -2.04. The molecule has 0 atom stereocenters. The van der Waals surface area contributed by atoms with Crippen LogP contribution in [0.3, 0.4) is 0 Å². The third-order valence-electron chi connectivity index (χ3n) is 1.96. The van der Waals surface area contributed by atoms with Crippen molar-refractivity contribution in [1.82, 2.24) is 4.98 Å². The van der Waals surface area contributed by atoms with Crippen LogP contribution >= 0.6 is 0 Å². The zero-order valence-electron chi connectivity index (χ0n) is 6.99. The number of nitrogens with zero attached hydrogens (tertiary/aromatic N) is 1. The first-order chi connectivity index (χ1) is 6.25. The second-order valence-corrected chi connectivity index (χ2v) is 3.17. The van der Waals surface area contributed by atoms with E-state index in [0.717, 1.165) is 12.8 Å². The molecule has 1 fully saturated rings. The molecule has 70 valence electrons. The van der Waals surface area contributed by atoms with Crippen LogP contribution in [0.4, 0.5) is 6.01 Å². The van der Waals surface area contributed by atoms with Crippen molar-refractivity contribution in [3.63, 3.8) is 0 Å². The Balaban J connectivity index is 1.92. The summed E-state index contributed by atoms with van der Waals surface area (Å²) in [7, 11) is 0. The Kier molecular flexibility index (Phi) is 1.92. The van der Waals surface area contributed by atoms with Gasteiger partial charge in [-0.3, -0.25) is 0 Å². The zero-order chi connectivity index (χ0) is 9.26. The molecule has 1 aromatic rings. The number of carboxylic acids is 1. The van der Waals surface area contributed by atoms with Crippen molar-refractivity contribution in [1.29, 1.82) is 0 Å². The summed E-state index contributed by atoms with van der Waals surface area (Å²) in [5.74, 6) is -0.358. The number of oxazole rings is 1. The summed E-state index contributed by atoms with van der Waals surface area (Å²) in [5.41, 5.74) is -0.0571. The fourth-order valence-electron chi connectivity index (χ4n) is 1.01. The van der Waals surface area contributed by atoms with Gasteiger partial charge in [0.25, 0.3) is 6.01 Å². The fraction of sp³-hybridized carbons (Fsp3) is 0.500. The van der Waals surface area contributed by atoms with Crippen LogP contribution in [0.25, 0.3) is 0 Å². The Morgan fingerprint density at radius 2 is 2.54 bits per heavy atom. The second-order valence-electron chi connectivity index (χ2n) is 3.17. The summed E-state index contributed by atoms with van der Waals surface area (Å²) < 4.78 is 4.90. The van der Waals surface area contributed by atoms with Crippen molar-refractivity contribution in [3.05, 3.63) is 12.0 Å². The first kappa shape index (κ1) is 8.10. The van der Waals surface area contributed by atoms with Crippen LogP contribution in [0.5, 0.6) is 0 Å². The Labute approximate surface area is 74.8 Å². The lowest BCUT2D eigenvalue weighted by Gasteiger charge is -1.96. The number of carbonyl (C=O) groups is 1. The average molecular weight is 182 g/mol. The molecule has 2 rings (SSSR count). The van der Waals surface area contributed by atoms with Crippen LogP contribution in [-0.2, 0) is 0 Å². The average Bonchev–Trinajstić information content (AvgIpc) is 2.79. The zero-order valence-corrected chi connectivity index (χ0v) is 6.99. The van der Waals surface area contributed by atoms with Gasteiger partial charge < -0.3 is 14.8 Å². The lowest BCUT2D eigenvalue weighted by atomic mass is 10.4. The van der Waals surface area contributed by atoms with Crippen LogP contribution in [0.1, 0.15) is 23.3 Å². The third-order valence-corrected chi connectivity index (χ3v) is 1.96. The molecular weight excluding hydrogens is 172 g/mol. The molecule has 1 aliphatic carbocycles. The second kappa shape index (κ2) is 3.08. The van der Waals surface area contributed by atoms with E-state index in [1.54, 1.807) is 0 Å². The molecule has 1 aromatic heterocycles. The van der Waals surface area contributed by atoms with Gasteiger partial charge >= 0.3 is 5.97 Å². The minimum atomic E-state index is -1.07. The predicted molar refractivity (Wildman–Crippen MR) is 44.7 cm³/mol. The van der Waals surface area contributed by atoms with E-state index in [1.165, 1.54) is 12.8 Å². The number of hydrogen-bond acceptors (Lipinski definition) is 4. The molecule has 0 saturated heterocycles. The molecule has 0 unspecified atom stereocenters. The Morgan fingerprint density at radius 1 is 1.77 bits per heavy atom. The van der Waals surface area contributed by atoms with Gasteiger partial charge in [0.2, 0.25) is 0 Å². The topological polar surface area (TPSA) is 75.4 Å². The van der Waals surface area contributed by atoms with Crippen molar-refractivity contribution in [2.24, 2.45) is 5.92 Å². The van der Waals surface area contributed by atoms with Gasteiger partial charge in [-0.2, -0.15) is 4.98 Å². The molecule has 0 aromatic carbocycles. The summed E-state index contributed by atoms with van der Waals surface area (Å²) >= 11 is 0. The van der Waals surface area contributed by atoms with E-state index in [9.17, 15) is 4.79 Å². The SMILES string of the molecule is O=C(O)c1coc(NCC2CC2)n1. The van der Waals surface area contributed by atoms with Gasteiger partial charge in [0.1, 0.15) is 6.26 Å². The highest BCUT2D eigenvalue weighted by Gasteiger charge is 2.21. The number of carboxylic acid groups (broad SMARTS) is 1. The number of hydrogen-bond donors (Lipinski definition) is 2. The maximum atomic E-state index is 10.4. The number of aromatic nitrogens is 1. The summed E-state index contributed by atoms with van der Waals surface area (Å²) in [6.07, 6.45) is 3.61. The minimum absolute atomic E-state index is 0.0571. The summed E-state index contributed by atoms with van der Waals surface area (Å²) in [4.78, 5) is 14.1. The molecule has 1 heterocycles. The number of anilines is 1. The molecule has 0 bridgehead atoms. The highest BCUT2D eigenvalue weighted by Crippen LogP contribution is 2.28. The van der Waals surface area contributed by atoms with E-state index >= 15 is 0 Å². The van der Waals surface area contributed by atoms with Gasteiger partial charge in [0.05, 0.1) is 0 Å². The van der Waals surface area contributed by atoms with E-state index in [4.69, 9.17) is 9.52 Å². The molecule has 5 heteroatoms. The summed E-state index contributed by atoms with van der Waals surface area (Å²) in [6, 6.07) is 0.296. The first-order valence-corrected chi connectivity index (χ1v) is 4.18. The van der Waals surface area contributed by atoms with Gasteiger partial charge in [-0.1, -0.05) is 0 Å². The minimum Gasteiger partial charge on any atom is -0.476 e. The van der Waals surface area contributed by atoms with Crippen LogP contribution in [0, 0.1) is 5.92 Å². The van der Waals surface area contributed by atoms with Crippen molar-refractivity contribution in [2.75, 3.05) is 11.9 Å². The Hall–Kier alpha value is -1.52. The fourth-order valence-corrected chi connectivity index (χ4v) is 1.01. The van der Waals surface area contributed by atoms with E-state index in [1.807, 2.05) is 0 Å². The van der Waals surface area contributed by atoms with Crippen molar-refractivity contribution in [2.45, 2.75) is 12.8 Å². The molecule has 2 N–H and O–H groups in total. The van der Waals surface area contributed by atoms with Crippen molar-refractivity contribution >= 4 is 12.0 Å². The molecule has 13 heavy (non-hydrogen) atoms. The Bertz CT molecular complexity index is 317. The van der Waals surface area contributed by atoms with Crippen LogP contribution < -0.4 is 5.32 Å². The van der Waals surface area contributed by atoms with Gasteiger partial charge in [0, 0.05) is 6.54 Å². The van der Waals surface area contributed by atoms with Crippen molar-refractivity contribution < 1.29 is 14.3 Å². The molecular formula is C8H10N2O3. The number of rotatable bonds is 4. The summed E-state index contributed by atoms with van der Waals surface area (Å²) in [6.45, 7) is 0.819. The van der Waals surface area contributed by atoms with Gasteiger partial charge in [-0.05, 0) is 18.8 Å². The van der Waals surface area contributed by atoms with Crippen LogP contribution in [0.15, 0.2) is 10.7 Å². The largest absolute Gasteiger partial charge is 0.476 e. The Morgan fingerprint density at radius 3 is 3.08 bits per heavy atom. The monoisotopic (exact) mass is 182 g/mol. The highest BCUT2D eigenvalue weighted by atomic mass is 16.4. The van der Waals surface area contributed by atoms with Crippen LogP contribution in [-0.4, -0.2) is 22.6 Å². The lowest BCUT2D eigenvalue weighted by molar-refractivity contribution is 0.0690. The maximum Gasteiger partial charge on any atom is 0.357 e. The maximum absolute atomic E-state index is 10.4. The molecule has 0 amide bonds. The van der Waals surface area contributed by atoms with Crippen molar-refractivity contribution in [3.8, 4) is 0 Å². The van der Waals surface area contributed by atoms with Crippen LogP contribution in [0.2, 0.25) is 0 Å². The molecule has 1 saturated carbocycles. The standard InChI is InChI=1S/C8H10N2O3/c11-7(12)6-4-13-8(10-6)9-3-5-1-2-5/h4-5H,1-3H2,(H,9,10)(H,11,12). The molecule has 0 aliphatic heterocycles. The highest BCUT2D eigenvalue weighted by molar-refractivity contribution is 5.85. The molecule has 0 radical (unpaired) electrons. The quantitative estimate of drug-likeness (QED) is 0.731. The smallest absolute Gasteiger partial charge is 0.357 e.